The Labute approximate surface area is 147 Å². The van der Waals surface area contributed by atoms with E-state index in [0.29, 0.717) is 12.1 Å². The zero-order valence-electron chi connectivity index (χ0n) is 14.8. The van der Waals surface area contributed by atoms with E-state index in [1.54, 1.807) is 6.20 Å². The lowest BCUT2D eigenvalue weighted by atomic mass is 10.1. The van der Waals surface area contributed by atoms with Gasteiger partial charge in [0.25, 0.3) is 0 Å². The Morgan fingerprint density at radius 2 is 1.84 bits per heavy atom. The molecule has 0 fully saturated rings. The first-order valence-corrected chi connectivity index (χ1v) is 8.41. The highest BCUT2D eigenvalue weighted by Crippen LogP contribution is 2.25. The first-order valence-electron chi connectivity index (χ1n) is 8.41. The maximum absolute atomic E-state index is 11.2. The number of carbonyl (C=O) groups is 1. The summed E-state index contributed by atoms with van der Waals surface area (Å²) in [6.07, 6.45) is 1.96. The molecule has 2 aromatic carbocycles. The highest BCUT2D eigenvalue weighted by molar-refractivity contribution is 5.97. The van der Waals surface area contributed by atoms with E-state index in [-0.39, 0.29) is 6.61 Å². The van der Waals surface area contributed by atoms with Crippen molar-refractivity contribution in [1.29, 1.82) is 0 Å². The van der Waals surface area contributed by atoms with Gasteiger partial charge in [0.2, 0.25) is 0 Å². The van der Waals surface area contributed by atoms with Crippen molar-refractivity contribution in [3.05, 3.63) is 64.8 Å². The number of para-hydroxylation sites is 1. The molecule has 4 nitrogen and oxygen atoms in total. The van der Waals surface area contributed by atoms with Gasteiger partial charge in [0.15, 0.2) is 6.29 Å². The van der Waals surface area contributed by atoms with Crippen molar-refractivity contribution >= 4 is 17.2 Å². The van der Waals surface area contributed by atoms with Gasteiger partial charge in [-0.1, -0.05) is 35.9 Å². The molecule has 0 amide bonds. The van der Waals surface area contributed by atoms with Gasteiger partial charge in [0.1, 0.15) is 18.5 Å². The molecule has 25 heavy (non-hydrogen) atoms. The first-order chi connectivity index (χ1) is 12.0. The molecule has 0 saturated heterocycles. The number of benzene rings is 2. The van der Waals surface area contributed by atoms with Gasteiger partial charge < -0.3 is 14.4 Å². The van der Waals surface area contributed by atoms with Crippen molar-refractivity contribution in [3.63, 3.8) is 0 Å². The minimum atomic E-state index is -0.671. The van der Waals surface area contributed by atoms with E-state index >= 15 is 0 Å². The van der Waals surface area contributed by atoms with Crippen molar-refractivity contribution in [1.82, 2.24) is 4.57 Å². The third kappa shape index (κ3) is 3.59. The summed E-state index contributed by atoms with van der Waals surface area (Å²) in [4.78, 5) is 11.2. The maximum Gasteiger partial charge on any atom is 0.152 e. The Morgan fingerprint density at radius 1 is 1.16 bits per heavy atom. The average molecular weight is 337 g/mol. The summed E-state index contributed by atoms with van der Waals surface area (Å²) < 4.78 is 7.77. The zero-order chi connectivity index (χ0) is 18.0. The Bertz CT molecular complexity index is 888. The van der Waals surface area contributed by atoms with Gasteiger partial charge in [-0.2, -0.15) is 0 Å². The van der Waals surface area contributed by atoms with Gasteiger partial charge >= 0.3 is 0 Å². The van der Waals surface area contributed by atoms with E-state index in [0.717, 1.165) is 34.1 Å². The fourth-order valence-electron chi connectivity index (χ4n) is 3.37. The van der Waals surface area contributed by atoms with Crippen LogP contribution in [0.3, 0.4) is 0 Å². The van der Waals surface area contributed by atoms with Crippen molar-refractivity contribution in [2.24, 2.45) is 0 Å². The van der Waals surface area contributed by atoms with Crippen LogP contribution < -0.4 is 4.74 Å². The monoisotopic (exact) mass is 337 g/mol. The standard InChI is InChI=1S/C21H23NO3/c1-14-8-15(2)21(16(3)9-14)25-13-18(24)11-22-10-17(12-23)19-6-4-5-7-20(19)22/h4-10,12,18,24H,11,13H2,1-3H3/t18-/m0/s1. The van der Waals surface area contributed by atoms with Crippen molar-refractivity contribution in [3.8, 4) is 5.75 Å². The van der Waals surface area contributed by atoms with Crippen LogP contribution in [0.1, 0.15) is 27.0 Å². The molecule has 0 bridgehead atoms. The van der Waals surface area contributed by atoms with E-state index in [2.05, 4.69) is 19.1 Å². The number of aldehydes is 1. The van der Waals surface area contributed by atoms with Gasteiger partial charge in [-0.3, -0.25) is 4.79 Å². The molecule has 3 aromatic rings. The molecule has 1 N–H and O–H groups in total. The minimum absolute atomic E-state index is 0.202. The van der Waals surface area contributed by atoms with E-state index in [9.17, 15) is 9.90 Å². The quantitative estimate of drug-likeness (QED) is 0.696. The van der Waals surface area contributed by atoms with E-state index in [1.807, 2.05) is 42.7 Å². The summed E-state index contributed by atoms with van der Waals surface area (Å²) in [6.45, 7) is 6.65. The second kappa shape index (κ2) is 7.11. The smallest absolute Gasteiger partial charge is 0.152 e. The number of hydrogen-bond acceptors (Lipinski definition) is 3. The Hall–Kier alpha value is -2.59. The summed E-state index contributed by atoms with van der Waals surface area (Å²) >= 11 is 0. The SMILES string of the molecule is Cc1cc(C)c(OC[C@@H](O)Cn2cc(C=O)c3ccccc32)c(C)c1. The molecule has 1 atom stereocenters. The molecule has 1 aromatic heterocycles. The summed E-state index contributed by atoms with van der Waals surface area (Å²) in [5, 5.41) is 11.3. The number of hydrogen-bond donors (Lipinski definition) is 1. The van der Waals surface area contributed by atoms with Crippen LogP contribution in [0.2, 0.25) is 0 Å². The van der Waals surface area contributed by atoms with Crippen LogP contribution in [-0.4, -0.2) is 28.7 Å². The van der Waals surface area contributed by atoms with E-state index in [4.69, 9.17) is 4.74 Å². The lowest BCUT2D eigenvalue weighted by Gasteiger charge is -2.17. The molecular formula is C21H23NO3. The molecule has 0 aliphatic carbocycles. The van der Waals surface area contributed by atoms with Crippen LogP contribution in [-0.2, 0) is 6.54 Å². The predicted molar refractivity (Wildman–Crippen MR) is 99.5 cm³/mol. The number of rotatable bonds is 6. The van der Waals surface area contributed by atoms with Crippen LogP contribution in [0.15, 0.2) is 42.6 Å². The summed E-state index contributed by atoms with van der Waals surface area (Å²) in [6, 6.07) is 11.8. The fourth-order valence-corrected chi connectivity index (χ4v) is 3.37. The number of aliphatic hydroxyl groups excluding tert-OH is 1. The second-order valence-electron chi connectivity index (χ2n) is 6.56. The van der Waals surface area contributed by atoms with Gasteiger partial charge in [0.05, 0.1) is 6.54 Å². The largest absolute Gasteiger partial charge is 0.490 e. The zero-order valence-corrected chi connectivity index (χ0v) is 14.8. The van der Waals surface area contributed by atoms with E-state index < -0.39 is 6.10 Å². The highest BCUT2D eigenvalue weighted by atomic mass is 16.5. The van der Waals surface area contributed by atoms with Crippen LogP contribution in [0.4, 0.5) is 0 Å². The second-order valence-corrected chi connectivity index (χ2v) is 6.56. The Kier molecular flexibility index (Phi) is 4.91. The highest BCUT2D eigenvalue weighted by Gasteiger charge is 2.13. The van der Waals surface area contributed by atoms with Gasteiger partial charge in [-0.15, -0.1) is 0 Å². The van der Waals surface area contributed by atoms with E-state index in [1.165, 1.54) is 5.56 Å². The molecular weight excluding hydrogens is 314 g/mol. The van der Waals surface area contributed by atoms with Gasteiger partial charge in [-0.25, -0.2) is 0 Å². The molecule has 1 heterocycles. The van der Waals surface area contributed by atoms with Crippen molar-refractivity contribution < 1.29 is 14.6 Å². The molecule has 0 aliphatic heterocycles. The fraction of sp³-hybridized carbons (Fsp3) is 0.286. The molecule has 0 saturated carbocycles. The van der Waals surface area contributed by atoms with Crippen molar-refractivity contribution in [2.75, 3.05) is 6.61 Å². The van der Waals surface area contributed by atoms with Gasteiger partial charge in [0, 0.05) is 22.7 Å². The number of aliphatic hydroxyl groups is 1. The van der Waals surface area contributed by atoms with Gasteiger partial charge in [-0.05, 0) is 38.0 Å². The van der Waals surface area contributed by atoms with Crippen LogP contribution in [0, 0.1) is 20.8 Å². The number of fused-ring (bicyclic) bond motifs is 1. The number of carbonyl (C=O) groups excluding carboxylic acids is 1. The molecule has 3 rings (SSSR count). The molecule has 0 aliphatic rings. The Morgan fingerprint density at radius 3 is 2.52 bits per heavy atom. The molecule has 130 valence electrons. The number of aryl methyl sites for hydroxylation is 3. The average Bonchev–Trinajstić information content (AvgIpc) is 2.92. The van der Waals surface area contributed by atoms with Crippen LogP contribution >= 0.6 is 0 Å². The summed E-state index contributed by atoms with van der Waals surface area (Å²) in [5.74, 6) is 0.829. The lowest BCUT2D eigenvalue weighted by Crippen LogP contribution is -2.23. The number of nitrogens with zero attached hydrogens (tertiary/aromatic N) is 1. The van der Waals surface area contributed by atoms with Crippen LogP contribution in [0.5, 0.6) is 5.75 Å². The first kappa shape index (κ1) is 17.2. The number of aromatic nitrogens is 1. The third-order valence-corrected chi connectivity index (χ3v) is 4.38. The summed E-state index contributed by atoms with van der Waals surface area (Å²) in [7, 11) is 0. The normalized spacial score (nSPS) is 12.3. The lowest BCUT2D eigenvalue weighted by molar-refractivity contribution is 0.0928. The van der Waals surface area contributed by atoms with Crippen LogP contribution in [0.25, 0.3) is 10.9 Å². The molecule has 0 spiro atoms. The summed E-state index contributed by atoms with van der Waals surface area (Å²) in [5.41, 5.74) is 4.90. The molecule has 0 radical (unpaired) electrons. The Balaban J connectivity index is 1.74. The predicted octanol–water partition coefficient (Wildman–Crippen LogP) is 3.82. The molecule has 0 unspecified atom stereocenters. The number of ether oxygens (including phenoxy) is 1. The van der Waals surface area contributed by atoms with Crippen molar-refractivity contribution in [2.45, 2.75) is 33.4 Å². The molecule has 4 heteroatoms. The topological polar surface area (TPSA) is 51.5 Å². The third-order valence-electron chi connectivity index (χ3n) is 4.38. The minimum Gasteiger partial charge on any atom is -0.490 e. The maximum atomic E-state index is 11.2.